The molecule has 0 spiro atoms. The van der Waals surface area contributed by atoms with E-state index in [1.54, 1.807) is 0 Å². The van der Waals surface area contributed by atoms with Crippen molar-refractivity contribution in [3.8, 4) is 0 Å². The van der Waals surface area contributed by atoms with Crippen LogP contribution in [-0.4, -0.2) is 36.9 Å². The van der Waals surface area contributed by atoms with Gasteiger partial charge in [-0.15, -0.1) is 0 Å². The minimum absolute atomic E-state index is 0.00877. The van der Waals surface area contributed by atoms with Crippen LogP contribution in [0.3, 0.4) is 0 Å². The second-order valence-electron chi connectivity index (χ2n) is 8.66. The lowest BCUT2D eigenvalue weighted by molar-refractivity contribution is -0.133. The van der Waals surface area contributed by atoms with Gasteiger partial charge in [0, 0.05) is 50.9 Å². The van der Waals surface area contributed by atoms with Gasteiger partial charge in [0.2, 0.25) is 11.8 Å². The van der Waals surface area contributed by atoms with Gasteiger partial charge in [-0.2, -0.15) is 0 Å². The standard InChI is InChI=1S/C22H37N3O2/c1-9-16(3)25(21(27)10-2)15-17-13-18(11-12-19(17)24(7)8)23-20(26)14-22(4,5)6/h11-13,16H,9-10,14-15H2,1-8H3,(H,23,26). The van der Waals surface area contributed by atoms with Gasteiger partial charge in [0.05, 0.1) is 0 Å². The summed E-state index contributed by atoms with van der Waals surface area (Å²) < 4.78 is 0. The third-order valence-corrected chi connectivity index (χ3v) is 4.62. The van der Waals surface area contributed by atoms with Crippen LogP contribution in [0, 0.1) is 5.41 Å². The van der Waals surface area contributed by atoms with Crippen LogP contribution in [0.15, 0.2) is 18.2 Å². The number of nitrogens with one attached hydrogen (secondary N) is 1. The molecule has 0 fully saturated rings. The minimum Gasteiger partial charge on any atom is -0.377 e. The normalized spacial score (nSPS) is 12.4. The Hall–Kier alpha value is -2.04. The topological polar surface area (TPSA) is 52.7 Å². The molecule has 0 aliphatic rings. The molecule has 1 rings (SSSR count). The number of rotatable bonds is 8. The van der Waals surface area contributed by atoms with E-state index in [4.69, 9.17) is 0 Å². The van der Waals surface area contributed by atoms with Gasteiger partial charge in [0.1, 0.15) is 0 Å². The largest absolute Gasteiger partial charge is 0.377 e. The zero-order chi connectivity index (χ0) is 20.8. The highest BCUT2D eigenvalue weighted by Crippen LogP contribution is 2.27. The van der Waals surface area contributed by atoms with Gasteiger partial charge in [-0.05, 0) is 42.5 Å². The summed E-state index contributed by atoms with van der Waals surface area (Å²) in [5.41, 5.74) is 2.81. The lowest BCUT2D eigenvalue weighted by Crippen LogP contribution is -2.37. The first-order valence-corrected chi connectivity index (χ1v) is 9.88. The number of nitrogens with zero attached hydrogens (tertiary/aromatic N) is 2. The Morgan fingerprint density at radius 2 is 1.78 bits per heavy atom. The lowest BCUT2D eigenvalue weighted by atomic mass is 9.92. The highest BCUT2D eigenvalue weighted by molar-refractivity contribution is 5.91. The van der Waals surface area contributed by atoms with Crippen LogP contribution in [0.1, 0.15) is 66.4 Å². The number of benzene rings is 1. The molecule has 1 aromatic carbocycles. The Balaban J connectivity index is 3.14. The molecule has 0 aliphatic carbocycles. The lowest BCUT2D eigenvalue weighted by Gasteiger charge is -2.30. The zero-order valence-electron chi connectivity index (χ0n) is 18.3. The number of carbonyl (C=O) groups is 2. The van der Waals surface area contributed by atoms with Crippen molar-refractivity contribution in [2.75, 3.05) is 24.3 Å². The van der Waals surface area contributed by atoms with Crippen molar-refractivity contribution < 1.29 is 9.59 Å². The summed E-state index contributed by atoms with van der Waals surface area (Å²) in [5.74, 6) is 0.158. The highest BCUT2D eigenvalue weighted by Gasteiger charge is 2.21. The maximum atomic E-state index is 12.5. The van der Waals surface area contributed by atoms with Crippen molar-refractivity contribution in [1.82, 2.24) is 4.90 Å². The van der Waals surface area contributed by atoms with Crippen LogP contribution in [0.2, 0.25) is 0 Å². The predicted octanol–water partition coefficient (Wildman–Crippen LogP) is 4.66. The number of carbonyl (C=O) groups excluding carboxylic acids is 2. The van der Waals surface area contributed by atoms with Crippen LogP contribution in [0.4, 0.5) is 11.4 Å². The van der Waals surface area contributed by atoms with Crippen LogP contribution in [0.25, 0.3) is 0 Å². The number of anilines is 2. The average Bonchev–Trinajstić information content (AvgIpc) is 2.56. The van der Waals surface area contributed by atoms with E-state index in [2.05, 4.69) is 19.2 Å². The van der Waals surface area contributed by atoms with Gasteiger partial charge in [0.15, 0.2) is 0 Å². The Labute approximate surface area is 165 Å². The van der Waals surface area contributed by atoms with Gasteiger partial charge in [-0.3, -0.25) is 9.59 Å². The highest BCUT2D eigenvalue weighted by atomic mass is 16.2. The number of hydrogen-bond donors (Lipinski definition) is 1. The predicted molar refractivity (Wildman–Crippen MR) is 114 cm³/mol. The maximum absolute atomic E-state index is 12.5. The molecule has 0 radical (unpaired) electrons. The van der Waals surface area contributed by atoms with E-state index in [0.29, 0.717) is 19.4 Å². The molecule has 27 heavy (non-hydrogen) atoms. The maximum Gasteiger partial charge on any atom is 0.224 e. The molecule has 152 valence electrons. The summed E-state index contributed by atoms with van der Waals surface area (Å²) in [6.07, 6.45) is 1.86. The molecule has 0 saturated heterocycles. The van der Waals surface area contributed by atoms with Crippen molar-refractivity contribution in [2.45, 2.75) is 73.4 Å². The van der Waals surface area contributed by atoms with Gasteiger partial charge >= 0.3 is 0 Å². The third kappa shape index (κ3) is 7.24. The Morgan fingerprint density at radius 1 is 1.15 bits per heavy atom. The monoisotopic (exact) mass is 375 g/mol. The van der Waals surface area contributed by atoms with Crippen molar-refractivity contribution in [1.29, 1.82) is 0 Å². The van der Waals surface area contributed by atoms with Crippen LogP contribution < -0.4 is 10.2 Å². The summed E-state index contributed by atoms with van der Waals surface area (Å²) in [6, 6.07) is 6.10. The molecule has 0 bridgehead atoms. The first-order chi connectivity index (χ1) is 12.5. The fourth-order valence-corrected chi connectivity index (χ4v) is 3.01. The van der Waals surface area contributed by atoms with E-state index in [-0.39, 0.29) is 23.3 Å². The van der Waals surface area contributed by atoms with Crippen LogP contribution in [0.5, 0.6) is 0 Å². The Bertz CT molecular complexity index is 647. The van der Waals surface area contributed by atoms with E-state index in [1.165, 1.54) is 0 Å². The van der Waals surface area contributed by atoms with Gasteiger partial charge in [0.25, 0.3) is 0 Å². The van der Waals surface area contributed by atoms with E-state index in [1.807, 2.05) is 69.8 Å². The first-order valence-electron chi connectivity index (χ1n) is 9.88. The molecule has 0 saturated carbocycles. The van der Waals surface area contributed by atoms with Crippen molar-refractivity contribution in [3.05, 3.63) is 23.8 Å². The molecule has 5 nitrogen and oxygen atoms in total. The molecule has 1 atom stereocenters. The van der Waals surface area contributed by atoms with Gasteiger partial charge in [-0.25, -0.2) is 0 Å². The molecule has 0 aliphatic heterocycles. The molecule has 0 aromatic heterocycles. The van der Waals surface area contributed by atoms with Crippen LogP contribution in [-0.2, 0) is 16.1 Å². The fraction of sp³-hybridized carbons (Fsp3) is 0.636. The molecule has 1 N–H and O–H groups in total. The molecule has 2 amide bonds. The van der Waals surface area contributed by atoms with Crippen molar-refractivity contribution >= 4 is 23.2 Å². The summed E-state index contributed by atoms with van der Waals surface area (Å²) in [6.45, 7) is 12.8. The third-order valence-electron chi connectivity index (χ3n) is 4.62. The molecular weight excluding hydrogens is 338 g/mol. The summed E-state index contributed by atoms with van der Waals surface area (Å²) in [5, 5.41) is 3.00. The SMILES string of the molecule is CCC(=O)N(Cc1cc(NC(=O)CC(C)(C)C)ccc1N(C)C)C(C)CC. The molecule has 5 heteroatoms. The van der Waals surface area contributed by atoms with E-state index < -0.39 is 0 Å². The summed E-state index contributed by atoms with van der Waals surface area (Å²) in [4.78, 5) is 28.7. The minimum atomic E-state index is -0.0581. The second kappa shape index (κ2) is 9.77. The quantitative estimate of drug-likeness (QED) is 0.719. The number of hydrogen-bond acceptors (Lipinski definition) is 3. The van der Waals surface area contributed by atoms with Crippen LogP contribution >= 0.6 is 0 Å². The zero-order valence-corrected chi connectivity index (χ0v) is 18.3. The molecular formula is C22H37N3O2. The number of amides is 2. The van der Waals surface area contributed by atoms with E-state index >= 15 is 0 Å². The Morgan fingerprint density at radius 3 is 2.26 bits per heavy atom. The molecule has 0 heterocycles. The summed E-state index contributed by atoms with van der Waals surface area (Å²) in [7, 11) is 3.98. The Kier molecular flexibility index (Phi) is 8.32. The first kappa shape index (κ1) is 23.0. The van der Waals surface area contributed by atoms with E-state index in [9.17, 15) is 9.59 Å². The average molecular weight is 376 g/mol. The van der Waals surface area contributed by atoms with E-state index in [0.717, 1.165) is 23.4 Å². The summed E-state index contributed by atoms with van der Waals surface area (Å²) >= 11 is 0. The smallest absolute Gasteiger partial charge is 0.224 e. The molecule has 1 unspecified atom stereocenters. The van der Waals surface area contributed by atoms with Crippen molar-refractivity contribution in [3.63, 3.8) is 0 Å². The van der Waals surface area contributed by atoms with Gasteiger partial charge in [-0.1, -0.05) is 34.6 Å². The van der Waals surface area contributed by atoms with Crippen molar-refractivity contribution in [2.24, 2.45) is 5.41 Å². The van der Waals surface area contributed by atoms with Gasteiger partial charge < -0.3 is 15.1 Å². The molecule has 1 aromatic rings. The second-order valence-corrected chi connectivity index (χ2v) is 8.66. The fourth-order valence-electron chi connectivity index (χ4n) is 3.01.